The molecule has 5 heteroatoms. The Morgan fingerprint density at radius 3 is 2.43 bits per heavy atom. The second-order valence-corrected chi connectivity index (χ2v) is 4.77. The normalized spacial score (nSPS) is 10.2. The van der Waals surface area contributed by atoms with Crippen LogP contribution in [-0.2, 0) is 6.61 Å². The Labute approximate surface area is 122 Å². The summed E-state index contributed by atoms with van der Waals surface area (Å²) in [5, 5.41) is 10.6. The van der Waals surface area contributed by atoms with E-state index in [1.165, 1.54) is 19.1 Å². The molecule has 5 nitrogen and oxygen atoms in total. The maximum atomic E-state index is 11.6. The fourth-order valence-corrected chi connectivity index (χ4v) is 1.91. The van der Waals surface area contributed by atoms with E-state index in [-0.39, 0.29) is 18.1 Å². The molecule has 0 bridgehead atoms. The largest absolute Gasteiger partial charge is 0.488 e. The SMILES string of the molecule is CC(=O)c1ccc(C)cc1OCc1ccc([N+](=O)[O-])cc1. The van der Waals surface area contributed by atoms with Crippen molar-refractivity contribution in [1.29, 1.82) is 0 Å². The molecule has 0 fully saturated rings. The number of aryl methyl sites for hydroxylation is 1. The first kappa shape index (κ1) is 14.7. The Morgan fingerprint density at radius 2 is 1.86 bits per heavy atom. The molecule has 0 saturated heterocycles. The van der Waals surface area contributed by atoms with E-state index in [1.54, 1.807) is 18.2 Å². The van der Waals surface area contributed by atoms with Crippen LogP contribution in [0.3, 0.4) is 0 Å². The highest BCUT2D eigenvalue weighted by Crippen LogP contribution is 2.22. The molecular weight excluding hydrogens is 270 g/mol. The minimum atomic E-state index is -0.445. The standard InChI is InChI=1S/C16H15NO4/c1-11-3-8-15(12(2)18)16(9-11)21-10-13-4-6-14(7-5-13)17(19)20/h3-9H,10H2,1-2H3. The van der Waals surface area contributed by atoms with Gasteiger partial charge in [0, 0.05) is 12.1 Å². The molecule has 0 aromatic heterocycles. The summed E-state index contributed by atoms with van der Waals surface area (Å²) in [7, 11) is 0. The van der Waals surface area contributed by atoms with Crippen LogP contribution >= 0.6 is 0 Å². The maximum Gasteiger partial charge on any atom is 0.269 e. The third kappa shape index (κ3) is 3.66. The number of nitrogens with zero attached hydrogens (tertiary/aromatic N) is 1. The van der Waals surface area contributed by atoms with Gasteiger partial charge >= 0.3 is 0 Å². The topological polar surface area (TPSA) is 69.4 Å². The molecule has 0 spiro atoms. The number of nitro groups is 1. The maximum absolute atomic E-state index is 11.6. The van der Waals surface area contributed by atoms with E-state index in [0.29, 0.717) is 11.3 Å². The van der Waals surface area contributed by atoms with Crippen LogP contribution in [0.4, 0.5) is 5.69 Å². The number of non-ortho nitro benzene ring substituents is 1. The minimum Gasteiger partial charge on any atom is -0.488 e. The molecule has 0 heterocycles. The summed E-state index contributed by atoms with van der Waals surface area (Å²) in [4.78, 5) is 21.7. The summed E-state index contributed by atoms with van der Waals surface area (Å²) in [6.45, 7) is 3.66. The Bertz CT molecular complexity index is 677. The van der Waals surface area contributed by atoms with Crippen LogP contribution < -0.4 is 4.74 Å². The second kappa shape index (κ2) is 6.17. The van der Waals surface area contributed by atoms with Crippen LogP contribution in [0.1, 0.15) is 28.4 Å². The Kier molecular flexibility index (Phi) is 4.33. The van der Waals surface area contributed by atoms with Gasteiger partial charge < -0.3 is 4.74 Å². The average Bonchev–Trinajstić information content (AvgIpc) is 2.45. The summed E-state index contributed by atoms with van der Waals surface area (Å²) in [5.41, 5.74) is 2.37. The fraction of sp³-hybridized carbons (Fsp3) is 0.188. The van der Waals surface area contributed by atoms with Gasteiger partial charge in [-0.1, -0.05) is 6.07 Å². The number of ketones is 1. The lowest BCUT2D eigenvalue weighted by atomic mass is 10.1. The van der Waals surface area contributed by atoms with E-state index >= 15 is 0 Å². The van der Waals surface area contributed by atoms with Crippen molar-refractivity contribution in [2.45, 2.75) is 20.5 Å². The van der Waals surface area contributed by atoms with Gasteiger partial charge in [-0.25, -0.2) is 0 Å². The summed E-state index contributed by atoms with van der Waals surface area (Å²) in [6.07, 6.45) is 0. The van der Waals surface area contributed by atoms with Crippen LogP contribution in [0.5, 0.6) is 5.75 Å². The highest BCUT2D eigenvalue weighted by molar-refractivity contribution is 5.96. The highest BCUT2D eigenvalue weighted by atomic mass is 16.6. The van der Waals surface area contributed by atoms with Crippen molar-refractivity contribution in [3.8, 4) is 5.75 Å². The Morgan fingerprint density at radius 1 is 1.19 bits per heavy atom. The zero-order chi connectivity index (χ0) is 15.4. The number of ether oxygens (including phenoxy) is 1. The van der Waals surface area contributed by atoms with Crippen molar-refractivity contribution in [3.05, 3.63) is 69.3 Å². The molecule has 0 atom stereocenters. The zero-order valence-corrected chi connectivity index (χ0v) is 11.8. The van der Waals surface area contributed by atoms with Crippen LogP contribution in [0, 0.1) is 17.0 Å². The molecule has 0 aliphatic heterocycles. The number of nitro benzene ring substituents is 1. The first-order valence-corrected chi connectivity index (χ1v) is 6.45. The van der Waals surface area contributed by atoms with Gasteiger partial charge in [0.05, 0.1) is 10.5 Å². The third-order valence-electron chi connectivity index (χ3n) is 3.06. The van der Waals surface area contributed by atoms with Crippen molar-refractivity contribution >= 4 is 11.5 Å². The summed E-state index contributed by atoms with van der Waals surface area (Å²) < 4.78 is 5.67. The van der Waals surface area contributed by atoms with Gasteiger partial charge in [-0.15, -0.1) is 0 Å². The molecule has 21 heavy (non-hydrogen) atoms. The smallest absolute Gasteiger partial charge is 0.269 e. The average molecular weight is 285 g/mol. The zero-order valence-electron chi connectivity index (χ0n) is 11.8. The van der Waals surface area contributed by atoms with Gasteiger partial charge in [0.25, 0.3) is 5.69 Å². The second-order valence-electron chi connectivity index (χ2n) is 4.77. The van der Waals surface area contributed by atoms with Crippen molar-refractivity contribution in [2.24, 2.45) is 0 Å². The van der Waals surface area contributed by atoms with Crippen molar-refractivity contribution in [2.75, 3.05) is 0 Å². The molecule has 2 aromatic carbocycles. The number of Topliss-reactive ketones (excluding diaryl/α,β-unsaturated/α-hetero) is 1. The van der Waals surface area contributed by atoms with Gasteiger partial charge in [-0.2, -0.15) is 0 Å². The number of carbonyl (C=O) groups excluding carboxylic acids is 1. The minimum absolute atomic E-state index is 0.0405. The fourth-order valence-electron chi connectivity index (χ4n) is 1.91. The number of benzene rings is 2. The molecule has 2 rings (SSSR count). The van der Waals surface area contributed by atoms with E-state index in [0.717, 1.165) is 11.1 Å². The predicted molar refractivity (Wildman–Crippen MR) is 78.6 cm³/mol. The molecule has 0 radical (unpaired) electrons. The molecular formula is C16H15NO4. The molecule has 0 unspecified atom stereocenters. The lowest BCUT2D eigenvalue weighted by Crippen LogP contribution is -2.02. The van der Waals surface area contributed by atoms with Crippen molar-refractivity contribution in [1.82, 2.24) is 0 Å². The monoisotopic (exact) mass is 285 g/mol. The Balaban J connectivity index is 2.14. The van der Waals surface area contributed by atoms with Crippen LogP contribution in [-0.4, -0.2) is 10.7 Å². The molecule has 0 aliphatic carbocycles. The van der Waals surface area contributed by atoms with E-state index in [2.05, 4.69) is 0 Å². The van der Waals surface area contributed by atoms with Gasteiger partial charge in [0.1, 0.15) is 12.4 Å². The van der Waals surface area contributed by atoms with Gasteiger partial charge in [0.2, 0.25) is 0 Å². The predicted octanol–water partition coefficient (Wildman–Crippen LogP) is 3.68. The molecule has 0 N–H and O–H groups in total. The molecule has 0 aliphatic rings. The summed E-state index contributed by atoms with van der Waals surface area (Å²) in [5.74, 6) is 0.467. The number of carbonyl (C=O) groups is 1. The first-order chi connectivity index (χ1) is 9.97. The lowest BCUT2D eigenvalue weighted by Gasteiger charge is -2.10. The summed E-state index contributed by atoms with van der Waals surface area (Å²) >= 11 is 0. The van der Waals surface area contributed by atoms with E-state index in [1.807, 2.05) is 19.1 Å². The van der Waals surface area contributed by atoms with Crippen molar-refractivity contribution < 1.29 is 14.5 Å². The molecule has 108 valence electrons. The number of hydrogen-bond donors (Lipinski definition) is 0. The van der Waals surface area contributed by atoms with Crippen molar-refractivity contribution in [3.63, 3.8) is 0 Å². The summed E-state index contributed by atoms with van der Waals surface area (Å²) in [6, 6.07) is 11.5. The molecule has 0 saturated carbocycles. The molecule has 0 amide bonds. The van der Waals surface area contributed by atoms with Crippen LogP contribution in [0.2, 0.25) is 0 Å². The van der Waals surface area contributed by atoms with E-state index < -0.39 is 4.92 Å². The number of rotatable bonds is 5. The van der Waals surface area contributed by atoms with Crippen LogP contribution in [0.15, 0.2) is 42.5 Å². The van der Waals surface area contributed by atoms with E-state index in [9.17, 15) is 14.9 Å². The van der Waals surface area contributed by atoms with Gasteiger partial charge in [-0.3, -0.25) is 14.9 Å². The van der Waals surface area contributed by atoms with Crippen LogP contribution in [0.25, 0.3) is 0 Å². The number of hydrogen-bond acceptors (Lipinski definition) is 4. The van der Waals surface area contributed by atoms with Gasteiger partial charge in [0.15, 0.2) is 5.78 Å². The Hall–Kier alpha value is -2.69. The van der Waals surface area contributed by atoms with E-state index in [4.69, 9.17) is 4.74 Å². The molecule has 2 aromatic rings. The quantitative estimate of drug-likeness (QED) is 0.477. The first-order valence-electron chi connectivity index (χ1n) is 6.45. The highest BCUT2D eigenvalue weighted by Gasteiger charge is 2.09. The third-order valence-corrected chi connectivity index (χ3v) is 3.06. The van der Waals surface area contributed by atoms with Gasteiger partial charge in [-0.05, 0) is 49.2 Å². The lowest BCUT2D eigenvalue weighted by molar-refractivity contribution is -0.384.